The van der Waals surface area contributed by atoms with Gasteiger partial charge in [-0.05, 0) is 23.9 Å². The van der Waals surface area contributed by atoms with Crippen LogP contribution in [0.4, 0.5) is 0 Å². The summed E-state index contributed by atoms with van der Waals surface area (Å²) in [4.78, 5) is 1.28. The maximum absolute atomic E-state index is 9.89. The van der Waals surface area contributed by atoms with Crippen molar-refractivity contribution in [2.45, 2.75) is 25.7 Å². The molecular formula is C16H21NO2S. The van der Waals surface area contributed by atoms with E-state index in [0.29, 0.717) is 19.8 Å². The van der Waals surface area contributed by atoms with Crippen molar-refractivity contribution >= 4 is 11.3 Å². The molecule has 20 heavy (non-hydrogen) atoms. The Bertz CT molecular complexity index is 472. The van der Waals surface area contributed by atoms with Crippen LogP contribution in [0.3, 0.4) is 0 Å². The van der Waals surface area contributed by atoms with Gasteiger partial charge in [-0.25, -0.2) is 0 Å². The summed E-state index contributed by atoms with van der Waals surface area (Å²) >= 11 is 1.72. The summed E-state index contributed by atoms with van der Waals surface area (Å²) in [6.07, 6.45) is -0.485. The largest absolute Gasteiger partial charge is 0.389 e. The predicted octanol–water partition coefficient (Wildman–Crippen LogP) is 2.98. The third-order valence-corrected chi connectivity index (χ3v) is 4.11. The molecule has 1 aromatic heterocycles. The second-order valence-corrected chi connectivity index (χ2v) is 5.78. The summed E-state index contributed by atoms with van der Waals surface area (Å²) in [6.45, 7) is 3.52. The van der Waals surface area contributed by atoms with E-state index in [1.165, 1.54) is 4.88 Å². The lowest BCUT2D eigenvalue weighted by Gasteiger charge is -2.16. The molecular weight excluding hydrogens is 270 g/mol. The molecule has 1 aromatic carbocycles. The molecule has 0 radical (unpaired) electrons. The number of aliphatic hydroxyl groups is 1. The van der Waals surface area contributed by atoms with Crippen LogP contribution in [-0.4, -0.2) is 24.4 Å². The van der Waals surface area contributed by atoms with E-state index in [1.807, 2.05) is 36.4 Å². The molecule has 2 aromatic rings. The van der Waals surface area contributed by atoms with E-state index in [1.54, 1.807) is 11.3 Å². The Labute approximate surface area is 124 Å². The summed E-state index contributed by atoms with van der Waals surface area (Å²) < 4.78 is 5.52. The van der Waals surface area contributed by atoms with Crippen LogP contribution in [0.5, 0.6) is 0 Å². The minimum absolute atomic E-state index is 0.263. The molecule has 0 saturated carbocycles. The van der Waals surface area contributed by atoms with Crippen molar-refractivity contribution < 1.29 is 9.84 Å². The van der Waals surface area contributed by atoms with Gasteiger partial charge in [0.25, 0.3) is 0 Å². The van der Waals surface area contributed by atoms with Gasteiger partial charge in [0.15, 0.2) is 0 Å². The lowest BCUT2D eigenvalue weighted by molar-refractivity contribution is 0.0278. The lowest BCUT2D eigenvalue weighted by Crippen LogP contribution is -2.31. The molecule has 0 bridgehead atoms. The molecule has 0 spiro atoms. The first-order valence-electron chi connectivity index (χ1n) is 6.82. The van der Waals surface area contributed by atoms with Crippen molar-refractivity contribution in [3.05, 3.63) is 58.3 Å². The zero-order chi connectivity index (χ0) is 14.2. The van der Waals surface area contributed by atoms with Gasteiger partial charge in [0.1, 0.15) is 0 Å². The second-order valence-electron chi connectivity index (χ2n) is 4.80. The number of hydrogen-bond donors (Lipinski definition) is 2. The van der Waals surface area contributed by atoms with E-state index < -0.39 is 6.10 Å². The molecule has 4 heteroatoms. The standard InChI is InChI=1S/C16H21NO2S/c1-13(16-8-5-9-20-16)17-10-15(18)12-19-11-14-6-3-2-4-7-14/h2-9,13,15,17-18H,10-12H2,1H3/t13-,15?/m1/s1. The number of ether oxygens (including phenoxy) is 1. The SMILES string of the molecule is C[C@@H](NCC(O)COCc1ccccc1)c1cccs1. The van der Waals surface area contributed by atoms with Crippen molar-refractivity contribution in [2.75, 3.05) is 13.2 Å². The Morgan fingerprint density at radius 3 is 2.70 bits per heavy atom. The molecule has 0 aliphatic heterocycles. The Morgan fingerprint density at radius 2 is 2.00 bits per heavy atom. The zero-order valence-corrected chi connectivity index (χ0v) is 12.5. The van der Waals surface area contributed by atoms with Crippen LogP contribution in [-0.2, 0) is 11.3 Å². The predicted molar refractivity (Wildman–Crippen MR) is 82.8 cm³/mol. The van der Waals surface area contributed by atoms with Gasteiger partial charge in [-0.3, -0.25) is 0 Å². The molecule has 1 unspecified atom stereocenters. The summed E-state index contributed by atoms with van der Waals surface area (Å²) in [6, 6.07) is 14.4. The molecule has 108 valence electrons. The topological polar surface area (TPSA) is 41.5 Å². The normalized spacial score (nSPS) is 14.1. The fraction of sp³-hybridized carbons (Fsp3) is 0.375. The summed E-state index contributed by atoms with van der Waals surface area (Å²) in [5.74, 6) is 0. The highest BCUT2D eigenvalue weighted by Gasteiger charge is 2.09. The molecule has 2 atom stereocenters. The summed E-state index contributed by atoms with van der Waals surface area (Å²) in [5.41, 5.74) is 1.12. The Kier molecular flexibility index (Phi) is 6.21. The van der Waals surface area contributed by atoms with Crippen LogP contribution in [0.2, 0.25) is 0 Å². The van der Waals surface area contributed by atoms with Crippen LogP contribution >= 0.6 is 11.3 Å². The van der Waals surface area contributed by atoms with Gasteiger partial charge in [-0.2, -0.15) is 0 Å². The number of aliphatic hydroxyl groups excluding tert-OH is 1. The van der Waals surface area contributed by atoms with Gasteiger partial charge in [0.2, 0.25) is 0 Å². The zero-order valence-electron chi connectivity index (χ0n) is 11.7. The third kappa shape index (κ3) is 5.06. The van der Waals surface area contributed by atoms with Crippen molar-refractivity contribution in [1.29, 1.82) is 0 Å². The van der Waals surface area contributed by atoms with Gasteiger partial charge >= 0.3 is 0 Å². The smallest absolute Gasteiger partial charge is 0.0898 e. The van der Waals surface area contributed by atoms with Crippen molar-refractivity contribution in [1.82, 2.24) is 5.32 Å². The van der Waals surface area contributed by atoms with Gasteiger partial charge in [0.05, 0.1) is 19.3 Å². The monoisotopic (exact) mass is 291 g/mol. The Morgan fingerprint density at radius 1 is 1.20 bits per heavy atom. The Hall–Kier alpha value is -1.20. The second kappa shape index (κ2) is 8.17. The maximum Gasteiger partial charge on any atom is 0.0898 e. The number of benzene rings is 1. The van der Waals surface area contributed by atoms with Crippen LogP contribution in [0.15, 0.2) is 47.8 Å². The van der Waals surface area contributed by atoms with Crippen LogP contribution in [0, 0.1) is 0 Å². The maximum atomic E-state index is 9.89. The minimum Gasteiger partial charge on any atom is -0.389 e. The van der Waals surface area contributed by atoms with E-state index in [4.69, 9.17) is 4.74 Å². The first kappa shape index (κ1) is 15.2. The van der Waals surface area contributed by atoms with Gasteiger partial charge in [0, 0.05) is 17.5 Å². The molecule has 2 N–H and O–H groups in total. The van der Waals surface area contributed by atoms with Crippen LogP contribution in [0.25, 0.3) is 0 Å². The average Bonchev–Trinajstić information content (AvgIpc) is 3.00. The molecule has 3 nitrogen and oxygen atoms in total. The average molecular weight is 291 g/mol. The molecule has 0 saturated heterocycles. The number of thiophene rings is 1. The third-order valence-electron chi connectivity index (χ3n) is 3.05. The molecule has 0 amide bonds. The highest BCUT2D eigenvalue weighted by atomic mass is 32.1. The summed E-state index contributed by atoms with van der Waals surface area (Å²) in [7, 11) is 0. The highest BCUT2D eigenvalue weighted by Crippen LogP contribution is 2.17. The van der Waals surface area contributed by atoms with E-state index in [9.17, 15) is 5.11 Å². The van der Waals surface area contributed by atoms with Crippen LogP contribution < -0.4 is 5.32 Å². The molecule has 0 fully saturated rings. The van der Waals surface area contributed by atoms with E-state index in [2.05, 4.69) is 23.7 Å². The molecule has 0 aliphatic carbocycles. The van der Waals surface area contributed by atoms with E-state index >= 15 is 0 Å². The number of hydrogen-bond acceptors (Lipinski definition) is 4. The highest BCUT2D eigenvalue weighted by molar-refractivity contribution is 7.10. The quantitative estimate of drug-likeness (QED) is 0.785. The molecule has 1 heterocycles. The van der Waals surface area contributed by atoms with Crippen molar-refractivity contribution in [2.24, 2.45) is 0 Å². The van der Waals surface area contributed by atoms with Gasteiger partial charge in [-0.15, -0.1) is 11.3 Å². The van der Waals surface area contributed by atoms with E-state index in [0.717, 1.165) is 5.56 Å². The number of nitrogens with one attached hydrogen (secondary N) is 1. The van der Waals surface area contributed by atoms with E-state index in [-0.39, 0.29) is 6.04 Å². The van der Waals surface area contributed by atoms with Crippen molar-refractivity contribution in [3.8, 4) is 0 Å². The van der Waals surface area contributed by atoms with Gasteiger partial charge < -0.3 is 15.2 Å². The summed E-state index contributed by atoms with van der Waals surface area (Å²) in [5, 5.41) is 15.3. The first-order valence-corrected chi connectivity index (χ1v) is 7.70. The Balaban J connectivity index is 1.62. The van der Waals surface area contributed by atoms with Crippen LogP contribution in [0.1, 0.15) is 23.4 Å². The van der Waals surface area contributed by atoms with Crippen molar-refractivity contribution in [3.63, 3.8) is 0 Å². The lowest BCUT2D eigenvalue weighted by atomic mass is 10.2. The molecule has 0 aliphatic rings. The van der Waals surface area contributed by atoms with Gasteiger partial charge in [-0.1, -0.05) is 36.4 Å². The fourth-order valence-electron chi connectivity index (χ4n) is 1.90. The minimum atomic E-state index is -0.485. The number of rotatable bonds is 8. The first-order chi connectivity index (χ1) is 9.75. The molecule has 2 rings (SSSR count). The fourth-order valence-corrected chi connectivity index (χ4v) is 2.66.